The number of rotatable bonds is 10. The average molecular weight is 531 g/mol. The van der Waals surface area contributed by atoms with E-state index < -0.39 is 48.9 Å². The third-order valence-corrected chi connectivity index (χ3v) is 6.54. The fraction of sp³-hybridized carbons (Fsp3) is 0.429. The Morgan fingerprint density at radius 3 is 2.29 bits per heavy atom. The highest BCUT2D eigenvalue weighted by Gasteiger charge is 2.35. The van der Waals surface area contributed by atoms with Crippen molar-refractivity contribution in [1.82, 2.24) is 10.6 Å². The number of halogens is 3. The number of nitrogens with one attached hydrogen (secondary N) is 2. The number of alkyl halides is 3. The second-order valence-electron chi connectivity index (χ2n) is 9.31. The van der Waals surface area contributed by atoms with Gasteiger partial charge in [0.1, 0.15) is 6.04 Å². The maximum absolute atomic E-state index is 13.8. The van der Waals surface area contributed by atoms with Crippen molar-refractivity contribution in [2.75, 3.05) is 11.4 Å². The highest BCUT2D eigenvalue weighted by Crippen LogP contribution is 2.30. The van der Waals surface area contributed by atoms with Gasteiger partial charge in [-0.1, -0.05) is 75.2 Å². The number of benzodiazepines with no additional fused rings is 1. The topological polar surface area (TPSA) is 90.9 Å². The summed E-state index contributed by atoms with van der Waals surface area (Å²) in [7, 11) is 0. The molecule has 7 nitrogen and oxygen atoms in total. The van der Waals surface area contributed by atoms with Gasteiger partial charge in [0.2, 0.25) is 18.0 Å². The molecule has 1 aliphatic heterocycles. The van der Waals surface area contributed by atoms with E-state index in [-0.39, 0.29) is 5.92 Å². The molecule has 38 heavy (non-hydrogen) atoms. The van der Waals surface area contributed by atoms with Crippen LogP contribution in [0.4, 0.5) is 18.9 Å². The van der Waals surface area contributed by atoms with Gasteiger partial charge >= 0.3 is 6.18 Å². The van der Waals surface area contributed by atoms with Crippen molar-refractivity contribution in [3.05, 3.63) is 65.7 Å². The number of fused-ring (bicyclic) bond motifs is 1. The van der Waals surface area contributed by atoms with Crippen LogP contribution in [0.1, 0.15) is 57.6 Å². The first kappa shape index (κ1) is 28.9. The van der Waals surface area contributed by atoms with Gasteiger partial charge in [0.25, 0.3) is 5.91 Å². The molecule has 1 unspecified atom stereocenters. The quantitative estimate of drug-likeness (QED) is 0.471. The van der Waals surface area contributed by atoms with E-state index in [0.29, 0.717) is 17.9 Å². The van der Waals surface area contributed by atoms with E-state index in [1.54, 1.807) is 4.90 Å². The molecule has 2 atom stereocenters. The summed E-state index contributed by atoms with van der Waals surface area (Å²) >= 11 is 0. The molecule has 0 spiro atoms. The maximum Gasteiger partial charge on any atom is 0.389 e. The van der Waals surface area contributed by atoms with Crippen LogP contribution < -0.4 is 15.5 Å². The van der Waals surface area contributed by atoms with Crippen molar-refractivity contribution in [3.63, 3.8) is 0 Å². The third kappa shape index (κ3) is 7.43. The minimum Gasteiger partial charge on any atom is -0.345 e. The lowest BCUT2D eigenvalue weighted by Crippen LogP contribution is -2.53. The number of amides is 3. The number of carbonyl (C=O) groups excluding carboxylic acids is 3. The first-order chi connectivity index (χ1) is 18.0. The standard InChI is InChI=1S/C28H33F3N4O3/c1-4-19(5-2)17-35-22-14-10-9-13-21(22)24(20-11-7-6-8-12-20)33-25(27(35)38)34-26(37)18(3)32-23(36)15-16-28(29,30)31/h6-14,18-19,25H,4-5,15-17H2,1-3H3,(H,32,36)(H,34,37)/t18-,25?/m0/s1. The Bertz CT molecular complexity index is 1160. The van der Waals surface area contributed by atoms with Crippen LogP contribution in [0.5, 0.6) is 0 Å². The Hall–Kier alpha value is -3.69. The lowest BCUT2D eigenvalue weighted by atomic mass is 9.98. The first-order valence-electron chi connectivity index (χ1n) is 12.7. The second-order valence-corrected chi connectivity index (χ2v) is 9.31. The first-order valence-corrected chi connectivity index (χ1v) is 12.7. The molecular weight excluding hydrogens is 497 g/mol. The summed E-state index contributed by atoms with van der Waals surface area (Å²) in [5, 5.41) is 4.88. The summed E-state index contributed by atoms with van der Waals surface area (Å²) in [6.07, 6.45) is -6.15. The van der Waals surface area contributed by atoms with E-state index in [0.717, 1.165) is 24.0 Å². The van der Waals surface area contributed by atoms with Crippen LogP contribution in [0.3, 0.4) is 0 Å². The van der Waals surface area contributed by atoms with Crippen LogP contribution in [-0.4, -0.2) is 48.4 Å². The minimum absolute atomic E-state index is 0.216. The lowest BCUT2D eigenvalue weighted by Gasteiger charge is -2.29. The van der Waals surface area contributed by atoms with Gasteiger partial charge in [-0.2, -0.15) is 13.2 Å². The zero-order chi connectivity index (χ0) is 27.9. The van der Waals surface area contributed by atoms with Crippen LogP contribution in [0.2, 0.25) is 0 Å². The van der Waals surface area contributed by atoms with Gasteiger partial charge in [0.05, 0.1) is 17.8 Å². The third-order valence-electron chi connectivity index (χ3n) is 6.54. The van der Waals surface area contributed by atoms with Crippen LogP contribution in [0.15, 0.2) is 59.6 Å². The Labute approximate surface area is 220 Å². The number of para-hydroxylation sites is 1. The van der Waals surface area contributed by atoms with Crippen LogP contribution in [-0.2, 0) is 14.4 Å². The molecule has 3 rings (SSSR count). The monoisotopic (exact) mass is 530 g/mol. The normalized spacial score (nSPS) is 16.4. The van der Waals surface area contributed by atoms with Gasteiger partial charge in [0, 0.05) is 24.1 Å². The van der Waals surface area contributed by atoms with Crippen molar-refractivity contribution in [2.24, 2.45) is 10.9 Å². The van der Waals surface area contributed by atoms with E-state index in [1.807, 2.05) is 54.6 Å². The molecule has 0 saturated heterocycles. The number of nitrogens with zero attached hydrogens (tertiary/aromatic N) is 2. The molecule has 0 bridgehead atoms. The van der Waals surface area contributed by atoms with Crippen LogP contribution in [0, 0.1) is 5.92 Å². The average Bonchev–Trinajstić information content (AvgIpc) is 3.00. The molecule has 0 aromatic heterocycles. The molecule has 2 aromatic carbocycles. The van der Waals surface area contributed by atoms with Gasteiger partial charge in [-0.25, -0.2) is 4.99 Å². The molecule has 0 radical (unpaired) electrons. The van der Waals surface area contributed by atoms with E-state index in [4.69, 9.17) is 0 Å². The summed E-state index contributed by atoms with van der Waals surface area (Å²) < 4.78 is 37.4. The summed E-state index contributed by atoms with van der Waals surface area (Å²) in [4.78, 5) is 45.1. The van der Waals surface area contributed by atoms with Crippen molar-refractivity contribution in [1.29, 1.82) is 0 Å². The molecule has 10 heteroatoms. The predicted molar refractivity (Wildman–Crippen MR) is 140 cm³/mol. The van der Waals surface area contributed by atoms with E-state index in [2.05, 4.69) is 29.5 Å². The fourth-order valence-corrected chi connectivity index (χ4v) is 4.24. The van der Waals surface area contributed by atoms with Crippen molar-refractivity contribution >= 4 is 29.1 Å². The minimum atomic E-state index is -4.48. The molecule has 0 saturated carbocycles. The van der Waals surface area contributed by atoms with Gasteiger partial charge in [0.15, 0.2) is 0 Å². The van der Waals surface area contributed by atoms with Gasteiger partial charge in [-0.3, -0.25) is 14.4 Å². The molecule has 1 aliphatic rings. The van der Waals surface area contributed by atoms with Crippen LogP contribution in [0.25, 0.3) is 0 Å². The smallest absolute Gasteiger partial charge is 0.345 e. The van der Waals surface area contributed by atoms with E-state index >= 15 is 0 Å². The predicted octanol–water partition coefficient (Wildman–Crippen LogP) is 4.60. The van der Waals surface area contributed by atoms with Gasteiger partial charge in [-0.15, -0.1) is 0 Å². The highest BCUT2D eigenvalue weighted by atomic mass is 19.4. The number of benzene rings is 2. The summed E-state index contributed by atoms with van der Waals surface area (Å²) in [5.74, 6) is -1.85. The van der Waals surface area contributed by atoms with E-state index in [1.165, 1.54) is 6.92 Å². The number of hydrogen-bond donors (Lipinski definition) is 2. The van der Waals surface area contributed by atoms with Crippen LogP contribution >= 0.6 is 0 Å². The zero-order valence-corrected chi connectivity index (χ0v) is 21.7. The largest absolute Gasteiger partial charge is 0.389 e. The number of aliphatic imine (C=N–C) groups is 1. The Morgan fingerprint density at radius 1 is 1.03 bits per heavy atom. The Morgan fingerprint density at radius 2 is 1.66 bits per heavy atom. The molecule has 1 heterocycles. The molecule has 3 amide bonds. The Kier molecular flexibility index (Phi) is 9.66. The lowest BCUT2D eigenvalue weighted by molar-refractivity contribution is -0.144. The van der Waals surface area contributed by atoms with Crippen molar-refractivity contribution in [2.45, 2.75) is 64.8 Å². The van der Waals surface area contributed by atoms with Gasteiger partial charge in [-0.05, 0) is 18.9 Å². The second kappa shape index (κ2) is 12.7. The molecule has 0 fully saturated rings. The number of hydrogen-bond acceptors (Lipinski definition) is 4. The van der Waals surface area contributed by atoms with E-state index in [9.17, 15) is 27.6 Å². The summed E-state index contributed by atoms with van der Waals surface area (Å²) in [5.41, 5.74) is 2.69. The highest BCUT2D eigenvalue weighted by molar-refractivity contribution is 6.20. The molecule has 2 N–H and O–H groups in total. The molecule has 204 valence electrons. The summed E-state index contributed by atoms with van der Waals surface area (Å²) in [6, 6.07) is 15.5. The Balaban J connectivity index is 1.93. The van der Waals surface area contributed by atoms with Crippen molar-refractivity contribution < 1.29 is 27.6 Å². The number of carbonyl (C=O) groups is 3. The fourth-order valence-electron chi connectivity index (χ4n) is 4.24. The summed E-state index contributed by atoms with van der Waals surface area (Å²) in [6.45, 7) is 5.88. The number of anilines is 1. The van der Waals surface area contributed by atoms with Gasteiger partial charge < -0.3 is 15.5 Å². The molecule has 2 aromatic rings. The zero-order valence-electron chi connectivity index (χ0n) is 21.7. The van der Waals surface area contributed by atoms with Crippen molar-refractivity contribution in [3.8, 4) is 0 Å². The maximum atomic E-state index is 13.8. The molecular formula is C28H33F3N4O3. The molecule has 0 aliphatic carbocycles. The SMILES string of the molecule is CCC(CC)CN1C(=O)C(NC(=O)[C@H](C)NC(=O)CCC(F)(F)F)N=C(c2ccccc2)c2ccccc21.